The Morgan fingerprint density at radius 3 is 2.52 bits per heavy atom. The highest BCUT2D eigenvalue weighted by molar-refractivity contribution is 7.90. The first-order chi connectivity index (χ1) is 25.6. The van der Waals surface area contributed by atoms with Crippen LogP contribution in [0.3, 0.4) is 0 Å². The summed E-state index contributed by atoms with van der Waals surface area (Å²) >= 11 is 6.38. The number of allylic oxidation sites excluding steroid dienone is 2. The van der Waals surface area contributed by atoms with Crippen LogP contribution in [0.5, 0.6) is 5.88 Å². The molecule has 0 radical (unpaired) electrons. The van der Waals surface area contributed by atoms with Gasteiger partial charge in [0.25, 0.3) is 0 Å². The molecule has 5 aliphatic rings. The van der Waals surface area contributed by atoms with E-state index in [1.54, 1.807) is 26.8 Å². The highest BCUT2D eigenvalue weighted by Crippen LogP contribution is 2.57. The minimum atomic E-state index is -3.84. The molecule has 2 saturated carbocycles. The Morgan fingerprint density at radius 2 is 1.78 bits per heavy atom. The van der Waals surface area contributed by atoms with E-state index >= 15 is 0 Å². The number of amides is 3. The third kappa shape index (κ3) is 8.41. The number of hydrogen-bond donors (Lipinski definition) is 2. The van der Waals surface area contributed by atoms with Crippen LogP contribution in [0.25, 0.3) is 10.9 Å². The second-order valence-electron chi connectivity index (χ2n) is 16.8. The van der Waals surface area contributed by atoms with Gasteiger partial charge in [-0.25, -0.2) is 18.2 Å². The molecule has 1 aromatic heterocycles. The van der Waals surface area contributed by atoms with Gasteiger partial charge in [0, 0.05) is 28.8 Å². The highest BCUT2D eigenvalue weighted by Gasteiger charge is 2.61. The van der Waals surface area contributed by atoms with Gasteiger partial charge in [-0.15, -0.1) is 0 Å². The zero-order valence-corrected chi connectivity index (χ0v) is 32.9. The van der Waals surface area contributed by atoms with Crippen molar-refractivity contribution in [3.63, 3.8) is 0 Å². The average Bonchev–Trinajstić information content (AvgIpc) is 4.03. The standard InChI is InChI=1S/C40H51ClN4O8S/c1-39(2,3)53-38(49)43-32-14-8-6-4-5-7-11-24-21-40(24,37(48)44-54(50,51)27-16-17-27)22-34(46)33-20-26(23-45(33)36(32)47)52-35-29-13-10-9-12-28(29)30-19-25(41)15-18-31(30)42-35/h7,11,15,18-19,24,26-27,32-33H,4-6,8-10,12-14,16-17,20-23H2,1-3H3,(H,43,49)(H,44,48)/b11-7-/t24-,26-,32+,33+,40-/m1/s1. The molecule has 3 aliphatic carbocycles. The second kappa shape index (κ2) is 15.1. The third-order valence-electron chi connectivity index (χ3n) is 11.4. The number of halogens is 1. The molecule has 0 unspecified atom stereocenters. The van der Waals surface area contributed by atoms with Gasteiger partial charge in [-0.05, 0) is 115 Å². The largest absolute Gasteiger partial charge is 0.472 e. The maximum atomic E-state index is 14.6. The second-order valence-corrected chi connectivity index (χ2v) is 19.2. The van der Waals surface area contributed by atoms with Crippen molar-refractivity contribution < 1.29 is 37.1 Å². The summed E-state index contributed by atoms with van der Waals surface area (Å²) in [5, 5.41) is 3.81. The summed E-state index contributed by atoms with van der Waals surface area (Å²) in [6.07, 6.45) is 10.8. The molecule has 1 saturated heterocycles. The van der Waals surface area contributed by atoms with Crippen molar-refractivity contribution >= 4 is 56.2 Å². The molecule has 5 atom stereocenters. The number of ether oxygens (including phenoxy) is 2. The summed E-state index contributed by atoms with van der Waals surface area (Å²) in [5.41, 5.74) is 0.871. The first-order valence-electron chi connectivity index (χ1n) is 19.5. The van der Waals surface area contributed by atoms with Gasteiger partial charge in [0.1, 0.15) is 17.7 Å². The van der Waals surface area contributed by atoms with E-state index < -0.39 is 62.4 Å². The Bertz CT molecular complexity index is 1980. The number of carbonyl (C=O) groups is 4. The van der Waals surface area contributed by atoms with E-state index in [4.69, 9.17) is 26.1 Å². The maximum absolute atomic E-state index is 14.6. The fourth-order valence-electron chi connectivity index (χ4n) is 8.36. The predicted octanol–water partition coefficient (Wildman–Crippen LogP) is 6.10. The van der Waals surface area contributed by atoms with E-state index in [-0.39, 0.29) is 31.1 Å². The van der Waals surface area contributed by atoms with Gasteiger partial charge >= 0.3 is 6.09 Å². The van der Waals surface area contributed by atoms with Crippen LogP contribution in [-0.4, -0.2) is 77.6 Å². The van der Waals surface area contributed by atoms with Crippen molar-refractivity contribution in [2.24, 2.45) is 11.3 Å². The summed E-state index contributed by atoms with van der Waals surface area (Å²) in [7, 11) is -3.84. The third-order valence-corrected chi connectivity index (χ3v) is 13.5. The number of pyridine rings is 1. The average molecular weight is 783 g/mol. The number of Topliss-reactive ketones (excluding diaryl/α,β-unsaturated/α-hetero) is 1. The quantitative estimate of drug-likeness (QED) is 0.330. The molecule has 3 heterocycles. The number of aryl methyl sites for hydroxylation is 1. The first-order valence-corrected chi connectivity index (χ1v) is 21.4. The Kier molecular flexibility index (Phi) is 10.8. The number of nitrogens with zero attached hydrogens (tertiary/aromatic N) is 2. The molecule has 14 heteroatoms. The fraction of sp³-hybridized carbons (Fsp3) is 0.625. The molecule has 2 aliphatic heterocycles. The van der Waals surface area contributed by atoms with Gasteiger partial charge in [-0.1, -0.05) is 36.6 Å². The number of fused-ring (bicyclic) bond motifs is 5. The van der Waals surface area contributed by atoms with Crippen LogP contribution in [0, 0.1) is 11.3 Å². The van der Waals surface area contributed by atoms with Crippen LogP contribution in [0.4, 0.5) is 4.79 Å². The summed E-state index contributed by atoms with van der Waals surface area (Å²) in [4.78, 5) is 62.4. The van der Waals surface area contributed by atoms with E-state index in [1.165, 1.54) is 4.90 Å². The van der Waals surface area contributed by atoms with E-state index in [1.807, 2.05) is 24.3 Å². The molecule has 7 rings (SSSR count). The molecule has 12 nitrogen and oxygen atoms in total. The van der Waals surface area contributed by atoms with Crippen LogP contribution >= 0.6 is 11.6 Å². The maximum Gasteiger partial charge on any atom is 0.408 e. The van der Waals surface area contributed by atoms with E-state index in [0.717, 1.165) is 67.0 Å². The molecule has 2 N–H and O–H groups in total. The number of hydrogen-bond acceptors (Lipinski definition) is 9. The fourth-order valence-corrected chi connectivity index (χ4v) is 9.91. The van der Waals surface area contributed by atoms with Gasteiger partial charge in [-0.3, -0.25) is 19.1 Å². The first kappa shape index (κ1) is 38.6. The van der Waals surface area contributed by atoms with Gasteiger partial charge < -0.3 is 19.7 Å². The lowest BCUT2D eigenvalue weighted by Crippen LogP contribution is -2.53. The van der Waals surface area contributed by atoms with E-state index in [0.29, 0.717) is 43.0 Å². The lowest BCUT2D eigenvalue weighted by molar-refractivity contribution is -0.140. The minimum Gasteiger partial charge on any atom is -0.472 e. The zero-order valence-electron chi connectivity index (χ0n) is 31.3. The van der Waals surface area contributed by atoms with Crippen LogP contribution in [0.1, 0.15) is 109 Å². The Labute approximate surface area is 322 Å². The normalized spacial score (nSPS) is 28.5. The number of carbonyl (C=O) groups excluding carboxylic acids is 4. The number of sulfonamides is 1. The SMILES string of the molecule is CC(C)(C)OC(=O)N[C@H]1CCCCC/C=C\[C@@H]2C[C@@]2(C(=O)NS(=O)(=O)C2CC2)CC(=O)[C@@H]2C[C@@H](Oc3nc4ccc(Cl)cc4c4c3CCCC4)CN2C1=O. The van der Waals surface area contributed by atoms with Crippen molar-refractivity contribution in [1.29, 1.82) is 0 Å². The number of rotatable bonds is 6. The van der Waals surface area contributed by atoms with Crippen LogP contribution in [0.2, 0.25) is 5.02 Å². The Hall–Kier alpha value is -3.71. The molecule has 0 spiro atoms. The van der Waals surface area contributed by atoms with Crippen molar-refractivity contribution in [1.82, 2.24) is 19.9 Å². The summed E-state index contributed by atoms with van der Waals surface area (Å²) in [5.74, 6) is -1.27. The molecule has 3 fully saturated rings. The summed E-state index contributed by atoms with van der Waals surface area (Å²) in [6.45, 7) is 5.30. The van der Waals surface area contributed by atoms with Crippen molar-refractivity contribution in [3.05, 3.63) is 46.5 Å². The molecule has 3 amide bonds. The molecule has 54 heavy (non-hydrogen) atoms. The molecular formula is C40H51ClN4O8S. The molecule has 292 valence electrons. The molecule has 2 aromatic rings. The zero-order chi connectivity index (χ0) is 38.4. The smallest absolute Gasteiger partial charge is 0.408 e. The molecule has 1 aromatic carbocycles. The van der Waals surface area contributed by atoms with Gasteiger partial charge in [0.2, 0.25) is 27.7 Å². The van der Waals surface area contributed by atoms with Crippen molar-refractivity contribution in [2.45, 2.75) is 140 Å². The van der Waals surface area contributed by atoms with Gasteiger partial charge in [-0.2, -0.15) is 0 Å². The predicted molar refractivity (Wildman–Crippen MR) is 204 cm³/mol. The van der Waals surface area contributed by atoms with E-state index in [2.05, 4.69) is 10.0 Å². The van der Waals surface area contributed by atoms with Crippen molar-refractivity contribution in [3.8, 4) is 5.88 Å². The van der Waals surface area contributed by atoms with E-state index in [9.17, 15) is 27.6 Å². The van der Waals surface area contributed by atoms with Gasteiger partial charge in [0.05, 0.1) is 28.8 Å². The Morgan fingerprint density at radius 1 is 1.02 bits per heavy atom. The summed E-state index contributed by atoms with van der Waals surface area (Å²) in [6, 6.07) is 3.66. The topological polar surface area (TPSA) is 161 Å². The monoisotopic (exact) mass is 782 g/mol. The minimum absolute atomic E-state index is 0.0649. The number of ketones is 1. The summed E-state index contributed by atoms with van der Waals surface area (Å²) < 4.78 is 40.3. The number of aromatic nitrogens is 1. The van der Waals surface area contributed by atoms with Crippen LogP contribution in [0.15, 0.2) is 30.4 Å². The highest BCUT2D eigenvalue weighted by atomic mass is 35.5. The molecular weight excluding hydrogens is 732 g/mol. The van der Waals surface area contributed by atoms with Crippen LogP contribution < -0.4 is 14.8 Å². The Balaban J connectivity index is 1.21. The number of alkyl carbamates (subject to hydrolysis) is 1. The lowest BCUT2D eigenvalue weighted by atomic mass is 9.89. The molecule has 0 bridgehead atoms. The van der Waals surface area contributed by atoms with Crippen LogP contribution in [-0.2, 0) is 42.0 Å². The number of nitrogens with one attached hydrogen (secondary N) is 2. The van der Waals surface area contributed by atoms with Gasteiger partial charge in [0.15, 0.2) is 5.78 Å². The van der Waals surface area contributed by atoms with Crippen molar-refractivity contribution in [2.75, 3.05) is 6.54 Å². The lowest BCUT2D eigenvalue weighted by Gasteiger charge is -2.30. The number of benzene rings is 1.